The van der Waals surface area contributed by atoms with Gasteiger partial charge in [-0.2, -0.15) is 0 Å². The third kappa shape index (κ3) is 4.38. The fourth-order valence-corrected chi connectivity index (χ4v) is 4.41. The summed E-state index contributed by atoms with van der Waals surface area (Å²) in [4.78, 5) is 0. The van der Waals surface area contributed by atoms with Crippen LogP contribution in [0.3, 0.4) is 0 Å². The first-order chi connectivity index (χ1) is 15.0. The van der Waals surface area contributed by atoms with Crippen molar-refractivity contribution in [3.05, 3.63) is 96.1 Å². The fourth-order valence-electron chi connectivity index (χ4n) is 4.41. The molecule has 4 aromatic rings. The maximum atomic E-state index is 6.48. The van der Waals surface area contributed by atoms with Gasteiger partial charge in [0.2, 0.25) is 0 Å². The van der Waals surface area contributed by atoms with Crippen LogP contribution in [0.1, 0.15) is 51.7 Å². The van der Waals surface area contributed by atoms with Crippen LogP contribution in [0.15, 0.2) is 84.9 Å². The Labute approximate surface area is 187 Å². The summed E-state index contributed by atoms with van der Waals surface area (Å²) in [6.07, 6.45) is 2.09. The van der Waals surface area contributed by atoms with Gasteiger partial charge in [0, 0.05) is 10.8 Å². The van der Waals surface area contributed by atoms with Crippen LogP contribution in [-0.4, -0.2) is 13.2 Å². The van der Waals surface area contributed by atoms with Gasteiger partial charge in [0.25, 0.3) is 0 Å². The predicted molar refractivity (Wildman–Crippen MR) is 134 cm³/mol. The molecule has 0 aliphatic carbocycles. The van der Waals surface area contributed by atoms with Crippen molar-refractivity contribution in [2.45, 2.75) is 51.4 Å². The smallest absolute Gasteiger partial charge is 0.0560 e. The number of fused-ring (bicyclic) bond motifs is 2. The molecular formula is C30H34O. The van der Waals surface area contributed by atoms with Crippen molar-refractivity contribution >= 4 is 21.5 Å². The minimum atomic E-state index is 0.00205. The molecule has 0 N–H and O–H groups in total. The zero-order chi connectivity index (χ0) is 21.9. The molecule has 0 saturated heterocycles. The third-order valence-corrected chi connectivity index (χ3v) is 7.29. The predicted octanol–water partition coefficient (Wildman–Crippen LogP) is 8.05. The third-order valence-electron chi connectivity index (χ3n) is 7.29. The van der Waals surface area contributed by atoms with E-state index in [2.05, 4.69) is 113 Å². The molecule has 0 aliphatic rings. The first kappa shape index (κ1) is 21.6. The molecule has 160 valence electrons. The highest BCUT2D eigenvalue weighted by atomic mass is 16.5. The summed E-state index contributed by atoms with van der Waals surface area (Å²) in [5, 5.41) is 5.18. The maximum absolute atomic E-state index is 6.48. The lowest BCUT2D eigenvalue weighted by Crippen LogP contribution is -2.33. The second-order valence-electron chi connectivity index (χ2n) is 9.45. The molecule has 2 atom stereocenters. The topological polar surface area (TPSA) is 9.23 Å². The molecule has 2 unspecified atom stereocenters. The van der Waals surface area contributed by atoms with Crippen molar-refractivity contribution < 1.29 is 4.74 Å². The average molecular weight is 411 g/mol. The summed E-state index contributed by atoms with van der Waals surface area (Å²) in [6, 6.07) is 30.9. The highest BCUT2D eigenvalue weighted by Crippen LogP contribution is 2.34. The van der Waals surface area contributed by atoms with Crippen LogP contribution in [0, 0.1) is 0 Å². The van der Waals surface area contributed by atoms with Crippen LogP contribution in [0.25, 0.3) is 21.5 Å². The van der Waals surface area contributed by atoms with Crippen LogP contribution < -0.4 is 0 Å². The molecule has 0 bridgehead atoms. The summed E-state index contributed by atoms with van der Waals surface area (Å²) in [7, 11) is 0. The first-order valence-electron chi connectivity index (χ1n) is 11.5. The van der Waals surface area contributed by atoms with Gasteiger partial charge in [0.05, 0.1) is 13.2 Å². The van der Waals surface area contributed by atoms with E-state index in [1.54, 1.807) is 0 Å². The van der Waals surface area contributed by atoms with Gasteiger partial charge in [-0.15, -0.1) is 0 Å². The molecule has 4 rings (SSSR count). The Kier molecular flexibility index (Phi) is 6.16. The molecule has 0 radical (unpaired) electrons. The van der Waals surface area contributed by atoms with E-state index in [-0.39, 0.29) is 10.8 Å². The lowest BCUT2D eigenvalue weighted by atomic mass is 9.79. The molecule has 0 saturated carbocycles. The molecule has 1 nitrogen and oxygen atoms in total. The van der Waals surface area contributed by atoms with Crippen molar-refractivity contribution in [3.63, 3.8) is 0 Å². The van der Waals surface area contributed by atoms with Crippen molar-refractivity contribution in [2.24, 2.45) is 0 Å². The molecule has 0 heterocycles. The second-order valence-corrected chi connectivity index (χ2v) is 9.45. The zero-order valence-electron chi connectivity index (χ0n) is 19.3. The van der Waals surface area contributed by atoms with Crippen LogP contribution in [-0.2, 0) is 15.6 Å². The Balaban J connectivity index is 1.52. The van der Waals surface area contributed by atoms with Crippen LogP contribution >= 0.6 is 0 Å². The number of benzene rings is 4. The first-order valence-corrected chi connectivity index (χ1v) is 11.5. The Morgan fingerprint density at radius 3 is 1.32 bits per heavy atom. The lowest BCUT2D eigenvalue weighted by Gasteiger charge is -2.33. The van der Waals surface area contributed by atoms with Gasteiger partial charge in [-0.1, -0.05) is 113 Å². The summed E-state index contributed by atoms with van der Waals surface area (Å²) < 4.78 is 6.48. The number of ether oxygens (including phenoxy) is 1. The molecule has 4 aromatic carbocycles. The van der Waals surface area contributed by atoms with E-state index < -0.39 is 0 Å². The van der Waals surface area contributed by atoms with Gasteiger partial charge in [-0.05, 0) is 45.5 Å². The standard InChI is InChI=1S/C30H34O/c1-5-29(3,27-17-15-23-11-7-9-13-25(23)19-27)21-31-22-30(4,6-2)28-18-16-24-12-8-10-14-26(24)20-28/h7-20H,5-6,21-22H2,1-4H3. The minimum absolute atomic E-state index is 0.00205. The molecule has 31 heavy (non-hydrogen) atoms. The van der Waals surface area contributed by atoms with Gasteiger partial charge in [0.1, 0.15) is 0 Å². The Hall–Kier alpha value is -2.64. The van der Waals surface area contributed by atoms with E-state index >= 15 is 0 Å². The SMILES string of the molecule is CCC(C)(COCC(C)(CC)c1ccc2ccccc2c1)c1ccc2ccccc2c1. The molecular weight excluding hydrogens is 376 g/mol. The highest BCUT2D eigenvalue weighted by molar-refractivity contribution is 5.84. The molecule has 0 amide bonds. The van der Waals surface area contributed by atoms with Crippen molar-refractivity contribution in [3.8, 4) is 0 Å². The second kappa shape index (κ2) is 8.85. The normalized spacial score (nSPS) is 15.6. The van der Waals surface area contributed by atoms with E-state index in [4.69, 9.17) is 4.74 Å². The fraction of sp³-hybridized carbons (Fsp3) is 0.333. The largest absolute Gasteiger partial charge is 0.380 e. The summed E-state index contributed by atoms with van der Waals surface area (Å²) >= 11 is 0. The number of hydrogen-bond donors (Lipinski definition) is 0. The van der Waals surface area contributed by atoms with Crippen molar-refractivity contribution in [1.29, 1.82) is 0 Å². The van der Waals surface area contributed by atoms with Crippen LogP contribution in [0.5, 0.6) is 0 Å². The minimum Gasteiger partial charge on any atom is -0.380 e. The summed E-state index contributed by atoms with van der Waals surface area (Å²) in [6.45, 7) is 10.6. The monoisotopic (exact) mass is 410 g/mol. The Bertz CT molecular complexity index is 1080. The van der Waals surface area contributed by atoms with E-state index in [1.165, 1.54) is 32.7 Å². The zero-order valence-corrected chi connectivity index (χ0v) is 19.3. The molecule has 1 heteroatoms. The molecule has 0 aromatic heterocycles. The van der Waals surface area contributed by atoms with E-state index in [9.17, 15) is 0 Å². The van der Waals surface area contributed by atoms with Gasteiger partial charge in [0.15, 0.2) is 0 Å². The molecule has 0 aliphatic heterocycles. The quantitative estimate of drug-likeness (QED) is 0.285. The Morgan fingerprint density at radius 2 is 0.935 bits per heavy atom. The van der Waals surface area contributed by atoms with Crippen molar-refractivity contribution in [2.75, 3.05) is 13.2 Å². The van der Waals surface area contributed by atoms with Gasteiger partial charge < -0.3 is 4.74 Å². The van der Waals surface area contributed by atoms with Crippen LogP contribution in [0.4, 0.5) is 0 Å². The number of hydrogen-bond acceptors (Lipinski definition) is 1. The maximum Gasteiger partial charge on any atom is 0.0560 e. The summed E-state index contributed by atoms with van der Waals surface area (Å²) in [5.41, 5.74) is 2.72. The van der Waals surface area contributed by atoms with Gasteiger partial charge >= 0.3 is 0 Å². The van der Waals surface area contributed by atoms with Crippen molar-refractivity contribution in [1.82, 2.24) is 0 Å². The van der Waals surface area contributed by atoms with E-state index in [0.717, 1.165) is 26.1 Å². The molecule has 0 fully saturated rings. The van der Waals surface area contributed by atoms with Crippen LogP contribution in [0.2, 0.25) is 0 Å². The molecule has 0 spiro atoms. The van der Waals surface area contributed by atoms with Gasteiger partial charge in [-0.3, -0.25) is 0 Å². The number of rotatable bonds is 8. The van der Waals surface area contributed by atoms with E-state index in [0.29, 0.717) is 0 Å². The average Bonchev–Trinajstić information content (AvgIpc) is 2.83. The highest BCUT2D eigenvalue weighted by Gasteiger charge is 2.29. The Morgan fingerprint density at radius 1 is 0.548 bits per heavy atom. The van der Waals surface area contributed by atoms with Gasteiger partial charge in [-0.25, -0.2) is 0 Å². The summed E-state index contributed by atoms with van der Waals surface area (Å²) in [5.74, 6) is 0. The lowest BCUT2D eigenvalue weighted by molar-refractivity contribution is 0.0511. The van der Waals surface area contributed by atoms with E-state index in [1.807, 2.05) is 0 Å².